The van der Waals surface area contributed by atoms with Crippen LogP contribution in [0.2, 0.25) is 0 Å². The summed E-state index contributed by atoms with van der Waals surface area (Å²) in [7, 11) is 0. The zero-order valence-corrected chi connectivity index (χ0v) is 18.5. The van der Waals surface area contributed by atoms with Gasteiger partial charge in [-0.25, -0.2) is 0 Å². The minimum absolute atomic E-state index is 0.410. The van der Waals surface area contributed by atoms with Crippen LogP contribution in [0.1, 0.15) is 11.4 Å². The second kappa shape index (κ2) is 10.0. The summed E-state index contributed by atoms with van der Waals surface area (Å²) in [6.45, 7) is 2.70. The van der Waals surface area contributed by atoms with Gasteiger partial charge < -0.3 is 14.4 Å². The summed E-state index contributed by atoms with van der Waals surface area (Å²) in [5, 5.41) is 19.0. The van der Waals surface area contributed by atoms with Crippen molar-refractivity contribution in [1.82, 2.24) is 14.8 Å². The van der Waals surface area contributed by atoms with Crippen LogP contribution >= 0.6 is 0 Å². The molecule has 0 radical (unpaired) electrons. The van der Waals surface area contributed by atoms with Gasteiger partial charge in [0.1, 0.15) is 17.6 Å². The zero-order chi connectivity index (χ0) is 23.2. The zero-order valence-electron chi connectivity index (χ0n) is 18.5. The van der Waals surface area contributed by atoms with Gasteiger partial charge in [-0.3, -0.25) is 4.57 Å². The lowest BCUT2D eigenvalue weighted by Crippen LogP contribution is -2.38. The molecule has 0 N–H and O–H groups in total. The predicted octanol–water partition coefficient (Wildman–Crippen LogP) is 4.96. The second-order valence-corrected chi connectivity index (χ2v) is 7.75. The summed E-state index contributed by atoms with van der Waals surface area (Å²) in [6, 6.07) is 29.4. The molecule has 0 amide bonds. The number of anilines is 1. The van der Waals surface area contributed by atoms with Gasteiger partial charge in [0, 0.05) is 13.1 Å². The molecule has 34 heavy (non-hydrogen) atoms. The maximum absolute atomic E-state index is 10.1. The number of hydrogen-bond donors (Lipinski definition) is 0. The third kappa shape index (κ3) is 4.68. The summed E-state index contributed by atoms with van der Waals surface area (Å²) < 4.78 is 13.4. The van der Waals surface area contributed by atoms with Gasteiger partial charge in [0.2, 0.25) is 5.95 Å². The number of morpholine rings is 1. The molecular formula is C27H23N5O2. The predicted molar refractivity (Wildman–Crippen MR) is 131 cm³/mol. The average Bonchev–Trinajstić information content (AvgIpc) is 3.34. The highest BCUT2D eigenvalue weighted by Crippen LogP contribution is 2.28. The van der Waals surface area contributed by atoms with Crippen molar-refractivity contribution in [3.8, 4) is 23.3 Å². The fraction of sp³-hybridized carbons (Fsp3) is 0.148. The van der Waals surface area contributed by atoms with Crippen molar-refractivity contribution in [2.24, 2.45) is 0 Å². The van der Waals surface area contributed by atoms with Crippen molar-refractivity contribution in [3.05, 3.63) is 96.3 Å². The number of allylic oxidation sites excluding steroid dienone is 1. The molecule has 1 aromatic heterocycles. The van der Waals surface area contributed by atoms with E-state index in [4.69, 9.17) is 9.47 Å². The number of aromatic nitrogens is 3. The Morgan fingerprint density at radius 1 is 0.882 bits per heavy atom. The Balaban J connectivity index is 1.53. The van der Waals surface area contributed by atoms with E-state index in [1.165, 1.54) is 0 Å². The lowest BCUT2D eigenvalue weighted by Gasteiger charge is -2.28. The number of benzene rings is 3. The fourth-order valence-electron chi connectivity index (χ4n) is 3.84. The molecule has 1 saturated heterocycles. The first-order valence-corrected chi connectivity index (χ1v) is 11.1. The van der Waals surface area contributed by atoms with E-state index >= 15 is 0 Å². The molecule has 0 atom stereocenters. The van der Waals surface area contributed by atoms with Crippen LogP contribution in [0.4, 0.5) is 5.95 Å². The van der Waals surface area contributed by atoms with Crippen LogP contribution in [0.3, 0.4) is 0 Å². The van der Waals surface area contributed by atoms with Crippen LogP contribution in [-0.4, -0.2) is 41.1 Å². The van der Waals surface area contributed by atoms with E-state index in [1.807, 2.05) is 95.6 Å². The van der Waals surface area contributed by atoms with E-state index in [-0.39, 0.29) is 0 Å². The largest absolute Gasteiger partial charge is 0.457 e. The topological polar surface area (TPSA) is 76.2 Å². The van der Waals surface area contributed by atoms with Crippen LogP contribution < -0.4 is 9.64 Å². The fourth-order valence-corrected chi connectivity index (χ4v) is 3.84. The van der Waals surface area contributed by atoms with E-state index in [2.05, 4.69) is 21.2 Å². The minimum atomic E-state index is 0.410. The van der Waals surface area contributed by atoms with Gasteiger partial charge >= 0.3 is 0 Å². The highest BCUT2D eigenvalue weighted by atomic mass is 16.5. The van der Waals surface area contributed by atoms with Gasteiger partial charge in [0.25, 0.3) is 0 Å². The standard InChI is InChI=1S/C27H23N5O2/c28-20-22(18-21-8-7-13-25(19-21)34-24-11-5-2-6-12-24)26-29-30-27(31-14-16-33-17-15-31)32(26)23-9-3-1-4-10-23/h1-13,18-19H,14-17H2/b22-18+. The number of para-hydroxylation sites is 2. The maximum atomic E-state index is 10.1. The van der Waals surface area contributed by atoms with Crippen LogP contribution in [0, 0.1) is 11.3 Å². The molecule has 5 rings (SSSR count). The Morgan fingerprint density at radius 2 is 1.59 bits per heavy atom. The van der Waals surface area contributed by atoms with Crippen molar-refractivity contribution in [2.75, 3.05) is 31.2 Å². The van der Waals surface area contributed by atoms with Crippen molar-refractivity contribution in [1.29, 1.82) is 5.26 Å². The second-order valence-electron chi connectivity index (χ2n) is 7.75. The van der Waals surface area contributed by atoms with Gasteiger partial charge in [0.05, 0.1) is 24.5 Å². The monoisotopic (exact) mass is 449 g/mol. The molecule has 0 spiro atoms. The molecular weight excluding hydrogens is 426 g/mol. The van der Waals surface area contributed by atoms with Gasteiger partial charge in [-0.2, -0.15) is 5.26 Å². The molecule has 2 heterocycles. The van der Waals surface area contributed by atoms with Crippen LogP contribution in [0.15, 0.2) is 84.9 Å². The molecule has 0 aliphatic carbocycles. The van der Waals surface area contributed by atoms with Gasteiger partial charge in [-0.1, -0.05) is 48.5 Å². The van der Waals surface area contributed by atoms with Gasteiger partial charge in [0.15, 0.2) is 5.82 Å². The van der Waals surface area contributed by atoms with E-state index in [9.17, 15) is 5.26 Å². The third-order valence-electron chi connectivity index (χ3n) is 5.46. The van der Waals surface area contributed by atoms with Gasteiger partial charge in [-0.15, -0.1) is 10.2 Å². The van der Waals surface area contributed by atoms with E-state index in [0.29, 0.717) is 36.3 Å². The molecule has 1 aliphatic heterocycles. The summed E-state index contributed by atoms with van der Waals surface area (Å²) in [5.74, 6) is 2.63. The SMILES string of the molecule is N#C/C(=C\c1cccc(Oc2ccccc2)c1)c1nnc(N2CCOCC2)n1-c1ccccc1. The molecule has 0 unspecified atom stereocenters. The number of nitriles is 1. The number of hydrogen-bond acceptors (Lipinski definition) is 6. The average molecular weight is 450 g/mol. The van der Waals surface area contributed by atoms with Crippen LogP contribution in [0.25, 0.3) is 17.3 Å². The smallest absolute Gasteiger partial charge is 0.232 e. The normalized spacial score (nSPS) is 14.0. The summed E-state index contributed by atoms with van der Waals surface area (Å²) >= 11 is 0. The number of rotatable bonds is 6. The van der Waals surface area contributed by atoms with E-state index in [0.717, 1.165) is 30.1 Å². The van der Waals surface area contributed by atoms with E-state index in [1.54, 1.807) is 0 Å². The molecule has 4 aromatic rings. The quantitative estimate of drug-likeness (QED) is 0.387. The minimum Gasteiger partial charge on any atom is -0.457 e. The lowest BCUT2D eigenvalue weighted by atomic mass is 10.1. The molecule has 0 saturated carbocycles. The molecule has 1 aliphatic rings. The summed E-state index contributed by atoms with van der Waals surface area (Å²) in [5.41, 5.74) is 2.14. The Kier molecular flexibility index (Phi) is 6.32. The van der Waals surface area contributed by atoms with Gasteiger partial charge in [-0.05, 0) is 48.0 Å². The Bertz CT molecular complexity index is 1320. The molecule has 1 fully saturated rings. The summed E-state index contributed by atoms with van der Waals surface area (Å²) in [6.07, 6.45) is 1.81. The van der Waals surface area contributed by atoms with Crippen molar-refractivity contribution < 1.29 is 9.47 Å². The molecule has 168 valence electrons. The molecule has 7 heteroatoms. The highest BCUT2D eigenvalue weighted by molar-refractivity contribution is 5.88. The molecule has 7 nitrogen and oxygen atoms in total. The van der Waals surface area contributed by atoms with Crippen molar-refractivity contribution in [3.63, 3.8) is 0 Å². The number of ether oxygens (including phenoxy) is 2. The highest BCUT2D eigenvalue weighted by Gasteiger charge is 2.23. The van der Waals surface area contributed by atoms with E-state index < -0.39 is 0 Å². The lowest BCUT2D eigenvalue weighted by molar-refractivity contribution is 0.122. The Morgan fingerprint density at radius 3 is 2.32 bits per heavy atom. The Hall–Kier alpha value is -4.41. The molecule has 0 bridgehead atoms. The molecule has 3 aromatic carbocycles. The first-order valence-electron chi connectivity index (χ1n) is 11.1. The third-order valence-corrected chi connectivity index (χ3v) is 5.46. The first-order chi connectivity index (χ1) is 16.8. The van der Waals surface area contributed by atoms with Crippen LogP contribution in [0.5, 0.6) is 11.5 Å². The Labute approximate surface area is 198 Å². The van der Waals surface area contributed by atoms with Crippen molar-refractivity contribution >= 4 is 17.6 Å². The number of nitrogens with zero attached hydrogens (tertiary/aromatic N) is 5. The summed E-state index contributed by atoms with van der Waals surface area (Å²) in [4.78, 5) is 2.14. The van der Waals surface area contributed by atoms with Crippen LogP contribution in [-0.2, 0) is 4.74 Å². The first kappa shape index (κ1) is 21.4. The van der Waals surface area contributed by atoms with Crippen molar-refractivity contribution in [2.45, 2.75) is 0 Å². The maximum Gasteiger partial charge on any atom is 0.232 e.